The van der Waals surface area contributed by atoms with E-state index >= 15 is 0 Å². The highest BCUT2D eigenvalue weighted by atomic mass is 15.3. The highest BCUT2D eigenvalue weighted by Crippen LogP contribution is 2.40. The maximum absolute atomic E-state index is 2.82. The van der Waals surface area contributed by atoms with Gasteiger partial charge in [0.15, 0.2) is 0 Å². The topological polar surface area (TPSA) is 9.49 Å². The second kappa shape index (κ2) is 6.31. The Morgan fingerprint density at radius 2 is 1.48 bits per heavy atom. The zero-order valence-electron chi connectivity index (χ0n) is 16.4. The molecule has 0 aliphatic carbocycles. The number of nitrogens with zero attached hydrogens (tertiary/aromatic N) is 3. The third kappa shape index (κ3) is 3.77. The second-order valence-electron chi connectivity index (χ2n) is 9.81. The Labute approximate surface area is 144 Å². The molecule has 3 rings (SSSR count). The van der Waals surface area contributed by atoms with E-state index in [-0.39, 0.29) is 0 Å². The lowest BCUT2D eigenvalue weighted by atomic mass is 9.82. The molecule has 0 amide bonds. The average molecular weight is 322 g/mol. The van der Waals surface area contributed by atoms with Gasteiger partial charge in [-0.05, 0) is 86.7 Å². The summed E-state index contributed by atoms with van der Waals surface area (Å²) >= 11 is 0. The van der Waals surface area contributed by atoms with E-state index < -0.39 is 0 Å². The minimum atomic E-state index is 0.359. The number of rotatable bonds is 7. The van der Waals surface area contributed by atoms with E-state index in [4.69, 9.17) is 0 Å². The van der Waals surface area contributed by atoms with Crippen LogP contribution in [0.2, 0.25) is 0 Å². The maximum Gasteiger partial charge on any atom is 0.0244 e. The van der Waals surface area contributed by atoms with Gasteiger partial charge in [0.05, 0.1) is 0 Å². The molecule has 0 bridgehead atoms. The van der Waals surface area contributed by atoms with Crippen molar-refractivity contribution in [2.45, 2.75) is 103 Å². The summed E-state index contributed by atoms with van der Waals surface area (Å²) < 4.78 is 0. The van der Waals surface area contributed by atoms with Gasteiger partial charge in [-0.15, -0.1) is 0 Å². The normalized spacial score (nSPS) is 33.3. The van der Waals surface area contributed by atoms with Gasteiger partial charge in [-0.2, -0.15) is 0 Å². The summed E-state index contributed by atoms with van der Waals surface area (Å²) in [4.78, 5) is 8.20. The number of likely N-dealkylation sites (tertiary alicyclic amines) is 2. The van der Waals surface area contributed by atoms with Crippen molar-refractivity contribution in [3.05, 3.63) is 0 Å². The first-order valence-electron chi connectivity index (χ1n) is 9.98. The zero-order valence-corrected chi connectivity index (χ0v) is 16.4. The van der Waals surface area contributed by atoms with Gasteiger partial charge in [0.1, 0.15) is 0 Å². The van der Waals surface area contributed by atoms with Gasteiger partial charge in [-0.1, -0.05) is 0 Å². The van der Waals surface area contributed by atoms with E-state index in [0.717, 1.165) is 18.1 Å². The van der Waals surface area contributed by atoms with Crippen LogP contribution in [-0.2, 0) is 0 Å². The second-order valence-corrected chi connectivity index (χ2v) is 9.81. The molecule has 3 unspecified atom stereocenters. The van der Waals surface area contributed by atoms with Crippen molar-refractivity contribution in [3.63, 3.8) is 0 Å². The van der Waals surface area contributed by atoms with Crippen LogP contribution in [0.4, 0.5) is 0 Å². The first-order valence-corrected chi connectivity index (χ1v) is 9.98. The van der Waals surface area contributed by atoms with Crippen molar-refractivity contribution < 1.29 is 0 Å². The fraction of sp³-hybridized carbons (Fsp3) is 1.00. The van der Waals surface area contributed by atoms with Gasteiger partial charge in [0.2, 0.25) is 0 Å². The fourth-order valence-electron chi connectivity index (χ4n) is 5.18. The lowest BCUT2D eigenvalue weighted by Crippen LogP contribution is -2.61. The monoisotopic (exact) mass is 321 g/mol. The highest BCUT2D eigenvalue weighted by Gasteiger charge is 2.47. The molecule has 23 heavy (non-hydrogen) atoms. The van der Waals surface area contributed by atoms with Crippen molar-refractivity contribution >= 4 is 0 Å². The van der Waals surface area contributed by atoms with Crippen LogP contribution in [0.3, 0.4) is 0 Å². The van der Waals surface area contributed by atoms with Crippen molar-refractivity contribution in [3.8, 4) is 0 Å². The van der Waals surface area contributed by atoms with Crippen LogP contribution < -0.4 is 0 Å². The lowest BCUT2D eigenvalue weighted by Gasteiger charge is -2.54. The van der Waals surface area contributed by atoms with Crippen molar-refractivity contribution in [1.29, 1.82) is 0 Å². The molecule has 3 aliphatic heterocycles. The molecule has 0 spiro atoms. The van der Waals surface area contributed by atoms with E-state index in [1.54, 1.807) is 0 Å². The third-order valence-electron chi connectivity index (χ3n) is 6.77. The van der Waals surface area contributed by atoms with E-state index in [2.05, 4.69) is 56.2 Å². The molecule has 3 fully saturated rings. The molecule has 0 N–H and O–H groups in total. The summed E-state index contributed by atoms with van der Waals surface area (Å²) in [5, 5.41) is 0. The van der Waals surface area contributed by atoms with E-state index in [1.165, 1.54) is 58.3 Å². The first kappa shape index (κ1) is 17.7. The predicted molar refractivity (Wildman–Crippen MR) is 98.9 cm³/mol. The predicted octanol–water partition coefficient (Wildman–Crippen LogP) is 3.59. The average Bonchev–Trinajstić information content (AvgIpc) is 2.94. The Morgan fingerprint density at radius 3 is 1.96 bits per heavy atom. The Kier molecular flexibility index (Phi) is 4.85. The van der Waals surface area contributed by atoms with E-state index in [1.807, 2.05) is 0 Å². The van der Waals surface area contributed by atoms with Gasteiger partial charge in [-0.25, -0.2) is 0 Å². The number of hydrogen-bond acceptors (Lipinski definition) is 3. The summed E-state index contributed by atoms with van der Waals surface area (Å²) in [5.74, 6) is 0. The van der Waals surface area contributed by atoms with E-state index in [9.17, 15) is 0 Å². The molecule has 3 heteroatoms. The van der Waals surface area contributed by atoms with Crippen molar-refractivity contribution in [2.75, 3.05) is 26.2 Å². The van der Waals surface area contributed by atoms with Crippen LogP contribution in [0.1, 0.15) is 73.6 Å². The summed E-state index contributed by atoms with van der Waals surface area (Å²) in [6.45, 7) is 19.8. The van der Waals surface area contributed by atoms with Gasteiger partial charge in [0, 0.05) is 42.3 Å². The molecule has 0 aromatic carbocycles. The van der Waals surface area contributed by atoms with Gasteiger partial charge in [0.25, 0.3) is 0 Å². The Balaban J connectivity index is 1.54. The minimum Gasteiger partial charge on any atom is -0.298 e. The SMILES string of the molecule is CC(C)N1CC1CC(C)(C)N1CCC1CC(C)(C)N1CCCC1. The Bertz CT molecular complexity index is 409. The Hall–Kier alpha value is -0.120. The van der Waals surface area contributed by atoms with Gasteiger partial charge < -0.3 is 0 Å². The summed E-state index contributed by atoms with van der Waals surface area (Å²) in [7, 11) is 0. The third-order valence-corrected chi connectivity index (χ3v) is 6.77. The number of hydrogen-bond donors (Lipinski definition) is 0. The lowest BCUT2D eigenvalue weighted by molar-refractivity contribution is -0.0410. The summed E-state index contributed by atoms with van der Waals surface area (Å²) in [6, 6.07) is 2.35. The Morgan fingerprint density at radius 1 is 0.870 bits per heavy atom. The molecule has 0 saturated carbocycles. The molecular formula is C20H39N3. The summed E-state index contributed by atoms with van der Waals surface area (Å²) in [5.41, 5.74) is 0.734. The van der Waals surface area contributed by atoms with Crippen molar-refractivity contribution in [1.82, 2.24) is 14.7 Å². The maximum atomic E-state index is 2.82. The van der Waals surface area contributed by atoms with Crippen LogP contribution in [0, 0.1) is 0 Å². The first-order chi connectivity index (χ1) is 10.7. The van der Waals surface area contributed by atoms with Crippen LogP contribution in [-0.4, -0.2) is 70.1 Å². The molecule has 0 radical (unpaired) electrons. The fourth-order valence-corrected chi connectivity index (χ4v) is 5.18. The largest absolute Gasteiger partial charge is 0.298 e. The zero-order chi connectivity index (χ0) is 16.8. The van der Waals surface area contributed by atoms with Crippen LogP contribution in [0.25, 0.3) is 0 Å². The molecule has 0 aromatic heterocycles. The van der Waals surface area contributed by atoms with Crippen LogP contribution in [0.15, 0.2) is 0 Å². The molecule has 0 aromatic rings. The smallest absolute Gasteiger partial charge is 0.0244 e. The molecule has 3 aliphatic rings. The molecule has 3 nitrogen and oxygen atoms in total. The van der Waals surface area contributed by atoms with Crippen LogP contribution >= 0.6 is 0 Å². The molecule has 3 heterocycles. The minimum absolute atomic E-state index is 0.359. The van der Waals surface area contributed by atoms with Gasteiger partial charge >= 0.3 is 0 Å². The van der Waals surface area contributed by atoms with Crippen molar-refractivity contribution in [2.24, 2.45) is 0 Å². The quantitative estimate of drug-likeness (QED) is 0.663. The molecular weight excluding hydrogens is 282 g/mol. The molecule has 3 atom stereocenters. The van der Waals surface area contributed by atoms with Gasteiger partial charge in [-0.3, -0.25) is 14.7 Å². The van der Waals surface area contributed by atoms with Crippen LogP contribution in [0.5, 0.6) is 0 Å². The molecule has 3 saturated heterocycles. The summed E-state index contributed by atoms with van der Waals surface area (Å²) in [6.07, 6.45) is 6.88. The van der Waals surface area contributed by atoms with E-state index in [0.29, 0.717) is 11.1 Å². The highest BCUT2D eigenvalue weighted by molar-refractivity contribution is 5.03. The standard InChI is InChI=1S/C20H39N3/c1-16(2)22-15-18(22)14-20(5,6)23-12-9-17(23)13-19(3,4)21-10-7-8-11-21/h16-18H,7-15H2,1-6H3. The molecule has 134 valence electrons.